The van der Waals surface area contributed by atoms with Gasteiger partial charge in [-0.3, -0.25) is 4.79 Å². The first kappa shape index (κ1) is 13.2. The first-order chi connectivity index (χ1) is 9.74. The minimum atomic E-state index is -0.234. The first-order valence-corrected chi connectivity index (χ1v) is 7.41. The summed E-state index contributed by atoms with van der Waals surface area (Å²) in [6.07, 6.45) is 4.19. The van der Waals surface area contributed by atoms with Gasteiger partial charge in [-0.2, -0.15) is 10.2 Å². The summed E-state index contributed by atoms with van der Waals surface area (Å²) in [5.41, 5.74) is 0.501. The molecule has 104 valence electrons. The Morgan fingerprint density at radius 1 is 1.40 bits per heavy atom. The molecule has 1 saturated carbocycles. The number of aromatic nitrogens is 2. The molecule has 1 aliphatic carbocycles. The molecule has 2 aromatic heterocycles. The van der Waals surface area contributed by atoms with Crippen LogP contribution < -0.4 is 5.32 Å². The monoisotopic (exact) mass is 289 g/mol. The molecule has 0 radical (unpaired) electrons. The van der Waals surface area contributed by atoms with Crippen LogP contribution in [0.2, 0.25) is 0 Å². The van der Waals surface area contributed by atoms with Gasteiger partial charge in [0.2, 0.25) is 0 Å². The highest BCUT2D eigenvalue weighted by Crippen LogP contribution is 2.39. The van der Waals surface area contributed by atoms with E-state index in [0.29, 0.717) is 11.5 Å². The van der Waals surface area contributed by atoms with E-state index in [9.17, 15) is 9.90 Å². The molecule has 1 atom stereocenters. The predicted octanol–water partition coefficient (Wildman–Crippen LogP) is 1.78. The van der Waals surface area contributed by atoms with Gasteiger partial charge in [-0.25, -0.2) is 0 Å². The smallest absolute Gasteiger partial charge is 0.253 e. The number of rotatable bonds is 4. The molecule has 20 heavy (non-hydrogen) atoms. The number of hydrogen-bond donors (Lipinski definition) is 2. The molecule has 0 saturated heterocycles. The molecule has 6 heteroatoms. The molecule has 0 aromatic carbocycles. The van der Waals surface area contributed by atoms with E-state index in [1.54, 1.807) is 17.4 Å². The van der Waals surface area contributed by atoms with Gasteiger partial charge < -0.3 is 10.4 Å². The Morgan fingerprint density at radius 3 is 2.85 bits per heavy atom. The SMILES string of the molecule is O=C(N[C@H](c1cccs1)C1CC(O)C1)c1ccnnc1. The maximum Gasteiger partial charge on any atom is 0.253 e. The van der Waals surface area contributed by atoms with Gasteiger partial charge in [-0.05, 0) is 36.3 Å². The highest BCUT2D eigenvalue weighted by Gasteiger charge is 2.36. The second-order valence-corrected chi connectivity index (χ2v) is 5.96. The van der Waals surface area contributed by atoms with Crippen LogP contribution >= 0.6 is 11.3 Å². The zero-order valence-corrected chi connectivity index (χ0v) is 11.6. The third-order valence-electron chi connectivity index (χ3n) is 3.60. The van der Waals surface area contributed by atoms with Crippen LogP contribution in [-0.4, -0.2) is 27.3 Å². The minimum absolute atomic E-state index is 0.0425. The number of nitrogens with one attached hydrogen (secondary N) is 1. The number of amides is 1. The van der Waals surface area contributed by atoms with Gasteiger partial charge in [0.15, 0.2) is 0 Å². The van der Waals surface area contributed by atoms with Crippen LogP contribution in [0.1, 0.15) is 34.1 Å². The van der Waals surface area contributed by atoms with Gasteiger partial charge >= 0.3 is 0 Å². The number of carbonyl (C=O) groups is 1. The summed E-state index contributed by atoms with van der Waals surface area (Å²) in [5, 5.41) is 21.9. The van der Waals surface area contributed by atoms with Gasteiger partial charge in [0.1, 0.15) is 0 Å². The molecule has 0 aliphatic heterocycles. The van der Waals surface area contributed by atoms with E-state index in [1.165, 1.54) is 12.4 Å². The van der Waals surface area contributed by atoms with Gasteiger partial charge in [-0.1, -0.05) is 6.07 Å². The van der Waals surface area contributed by atoms with Crippen LogP contribution in [-0.2, 0) is 0 Å². The van der Waals surface area contributed by atoms with Crippen molar-refractivity contribution in [3.8, 4) is 0 Å². The van der Waals surface area contributed by atoms with Gasteiger partial charge in [0.25, 0.3) is 5.91 Å². The van der Waals surface area contributed by atoms with Crippen molar-refractivity contribution in [2.24, 2.45) is 5.92 Å². The lowest BCUT2D eigenvalue weighted by atomic mass is 9.76. The average molecular weight is 289 g/mol. The predicted molar refractivity (Wildman–Crippen MR) is 75.3 cm³/mol. The van der Waals surface area contributed by atoms with Crippen LogP contribution in [0.4, 0.5) is 0 Å². The Kier molecular flexibility index (Phi) is 3.75. The second-order valence-electron chi connectivity index (χ2n) is 4.98. The highest BCUT2D eigenvalue weighted by atomic mass is 32.1. The quantitative estimate of drug-likeness (QED) is 0.899. The number of carbonyl (C=O) groups excluding carboxylic acids is 1. The normalized spacial score (nSPS) is 22.9. The summed E-state index contributed by atoms with van der Waals surface area (Å²) in [5.74, 6) is 0.141. The van der Waals surface area contributed by atoms with Gasteiger partial charge in [0, 0.05) is 4.88 Å². The third-order valence-corrected chi connectivity index (χ3v) is 4.56. The van der Waals surface area contributed by atoms with Crippen LogP contribution in [0, 0.1) is 5.92 Å². The van der Waals surface area contributed by atoms with Crippen molar-refractivity contribution >= 4 is 17.2 Å². The Balaban J connectivity index is 1.75. The number of aliphatic hydroxyl groups excluding tert-OH is 1. The van der Waals surface area contributed by atoms with E-state index in [4.69, 9.17) is 0 Å². The summed E-state index contributed by atoms with van der Waals surface area (Å²) < 4.78 is 0. The van der Waals surface area contributed by atoms with E-state index in [0.717, 1.165) is 17.7 Å². The molecule has 5 nitrogen and oxygen atoms in total. The molecule has 1 amide bonds. The fraction of sp³-hybridized carbons (Fsp3) is 0.357. The van der Waals surface area contributed by atoms with Crippen molar-refractivity contribution in [1.82, 2.24) is 15.5 Å². The molecule has 0 bridgehead atoms. The average Bonchev–Trinajstić information content (AvgIpc) is 2.96. The summed E-state index contributed by atoms with van der Waals surface area (Å²) in [6, 6.07) is 5.59. The van der Waals surface area contributed by atoms with Crippen molar-refractivity contribution in [2.45, 2.75) is 25.0 Å². The molecule has 3 rings (SSSR count). The zero-order chi connectivity index (χ0) is 13.9. The first-order valence-electron chi connectivity index (χ1n) is 6.53. The molecular formula is C14H15N3O2S. The summed E-state index contributed by atoms with van der Waals surface area (Å²) in [4.78, 5) is 13.4. The van der Waals surface area contributed by atoms with Crippen molar-refractivity contribution in [3.05, 3.63) is 46.4 Å². The molecule has 2 aromatic rings. The third kappa shape index (κ3) is 2.71. The van der Waals surface area contributed by atoms with Crippen molar-refractivity contribution < 1.29 is 9.90 Å². The summed E-state index contributed by atoms with van der Waals surface area (Å²) in [7, 11) is 0. The summed E-state index contributed by atoms with van der Waals surface area (Å²) >= 11 is 1.62. The van der Waals surface area contributed by atoms with Gasteiger partial charge in [-0.15, -0.1) is 11.3 Å². The number of aliphatic hydroxyl groups is 1. The molecule has 0 spiro atoms. The Morgan fingerprint density at radius 2 is 2.25 bits per heavy atom. The fourth-order valence-corrected chi connectivity index (χ4v) is 3.31. The topological polar surface area (TPSA) is 75.1 Å². The lowest BCUT2D eigenvalue weighted by Gasteiger charge is -2.37. The van der Waals surface area contributed by atoms with E-state index in [-0.39, 0.29) is 18.1 Å². The Bertz CT molecular complexity index is 567. The number of nitrogens with zero attached hydrogens (tertiary/aromatic N) is 2. The Labute approximate surface area is 120 Å². The largest absolute Gasteiger partial charge is 0.393 e. The molecule has 2 N–H and O–H groups in total. The number of hydrogen-bond acceptors (Lipinski definition) is 5. The van der Waals surface area contributed by atoms with E-state index >= 15 is 0 Å². The van der Waals surface area contributed by atoms with E-state index in [2.05, 4.69) is 15.5 Å². The highest BCUT2D eigenvalue weighted by molar-refractivity contribution is 7.10. The minimum Gasteiger partial charge on any atom is -0.393 e. The Hall–Kier alpha value is -1.79. The lowest BCUT2D eigenvalue weighted by molar-refractivity contribution is 0.0241. The summed E-state index contributed by atoms with van der Waals surface area (Å²) in [6.45, 7) is 0. The lowest BCUT2D eigenvalue weighted by Crippen LogP contribution is -2.41. The zero-order valence-electron chi connectivity index (χ0n) is 10.8. The van der Waals surface area contributed by atoms with Crippen molar-refractivity contribution in [1.29, 1.82) is 0 Å². The van der Waals surface area contributed by atoms with Crippen LogP contribution in [0.3, 0.4) is 0 Å². The van der Waals surface area contributed by atoms with Crippen LogP contribution in [0.15, 0.2) is 36.0 Å². The molecule has 1 fully saturated rings. The maximum atomic E-state index is 12.2. The standard InChI is InChI=1S/C14H15N3O2S/c18-11-6-10(7-11)13(12-2-1-5-20-12)17-14(19)9-3-4-15-16-8-9/h1-5,8,10-11,13,18H,6-7H2,(H,17,19)/t10?,11?,13-/m0/s1. The molecule has 0 unspecified atom stereocenters. The fourth-order valence-electron chi connectivity index (χ4n) is 2.44. The van der Waals surface area contributed by atoms with Crippen molar-refractivity contribution in [2.75, 3.05) is 0 Å². The van der Waals surface area contributed by atoms with E-state index in [1.807, 2.05) is 17.5 Å². The molecular weight excluding hydrogens is 274 g/mol. The number of thiophene rings is 1. The maximum absolute atomic E-state index is 12.2. The second kappa shape index (κ2) is 5.68. The molecule has 2 heterocycles. The van der Waals surface area contributed by atoms with E-state index < -0.39 is 0 Å². The van der Waals surface area contributed by atoms with Crippen LogP contribution in [0.5, 0.6) is 0 Å². The molecule has 1 aliphatic rings. The van der Waals surface area contributed by atoms with Crippen LogP contribution in [0.25, 0.3) is 0 Å². The van der Waals surface area contributed by atoms with Crippen molar-refractivity contribution in [3.63, 3.8) is 0 Å². The van der Waals surface area contributed by atoms with Gasteiger partial charge in [0.05, 0.1) is 30.1 Å².